The topological polar surface area (TPSA) is 32.7 Å². The SMILES string of the molecule is CCN(CC(O)COc1ccc(C)cc1C)C1CCCCC1.Cl. The normalized spacial score (nSPS) is 16.9. The van der Waals surface area contributed by atoms with Crippen LogP contribution in [0.1, 0.15) is 50.2 Å². The number of hydrogen-bond donors (Lipinski definition) is 1. The molecule has 132 valence electrons. The zero-order chi connectivity index (χ0) is 15.9. The van der Waals surface area contributed by atoms with Gasteiger partial charge >= 0.3 is 0 Å². The quantitative estimate of drug-likeness (QED) is 0.809. The highest BCUT2D eigenvalue weighted by atomic mass is 35.5. The minimum Gasteiger partial charge on any atom is -0.491 e. The highest BCUT2D eigenvalue weighted by Crippen LogP contribution is 2.23. The predicted molar refractivity (Wildman–Crippen MR) is 98.8 cm³/mol. The molecular formula is C19H32ClNO2. The lowest BCUT2D eigenvalue weighted by atomic mass is 9.94. The Morgan fingerprint density at radius 1 is 1.22 bits per heavy atom. The number of aryl methyl sites for hydroxylation is 2. The standard InChI is InChI=1S/C19H31NO2.ClH/c1-4-20(17-8-6-5-7-9-17)13-18(21)14-22-19-11-10-15(2)12-16(19)3;/h10-12,17-18,21H,4-9,13-14H2,1-3H3;1H. The summed E-state index contributed by atoms with van der Waals surface area (Å²) in [5, 5.41) is 10.3. The highest BCUT2D eigenvalue weighted by molar-refractivity contribution is 5.85. The molecule has 0 amide bonds. The van der Waals surface area contributed by atoms with E-state index in [1.165, 1.54) is 37.7 Å². The average Bonchev–Trinajstić information content (AvgIpc) is 2.52. The van der Waals surface area contributed by atoms with Gasteiger partial charge in [0.15, 0.2) is 0 Å². The molecule has 0 saturated heterocycles. The average molecular weight is 342 g/mol. The molecule has 2 rings (SSSR count). The summed E-state index contributed by atoms with van der Waals surface area (Å²) >= 11 is 0. The van der Waals surface area contributed by atoms with Crippen molar-refractivity contribution >= 4 is 12.4 Å². The van der Waals surface area contributed by atoms with E-state index in [9.17, 15) is 5.11 Å². The number of ether oxygens (including phenoxy) is 1. The fraction of sp³-hybridized carbons (Fsp3) is 0.684. The van der Waals surface area contributed by atoms with Gasteiger partial charge in [-0.05, 0) is 44.9 Å². The number of hydrogen-bond acceptors (Lipinski definition) is 3. The summed E-state index contributed by atoms with van der Waals surface area (Å²) in [6.45, 7) is 8.40. The number of aliphatic hydroxyl groups excluding tert-OH is 1. The second-order valence-corrected chi connectivity index (χ2v) is 6.61. The van der Waals surface area contributed by atoms with E-state index in [0.717, 1.165) is 17.9 Å². The molecule has 1 fully saturated rings. The maximum absolute atomic E-state index is 10.3. The molecule has 0 aliphatic heterocycles. The van der Waals surface area contributed by atoms with E-state index in [2.05, 4.69) is 37.8 Å². The Hall–Kier alpha value is -0.770. The van der Waals surface area contributed by atoms with Crippen molar-refractivity contribution in [1.29, 1.82) is 0 Å². The molecular weight excluding hydrogens is 310 g/mol. The van der Waals surface area contributed by atoms with E-state index < -0.39 is 6.10 Å². The molecule has 1 aromatic rings. The minimum atomic E-state index is -0.428. The van der Waals surface area contributed by atoms with Crippen molar-refractivity contribution in [3.63, 3.8) is 0 Å². The van der Waals surface area contributed by atoms with Gasteiger partial charge in [0.25, 0.3) is 0 Å². The minimum absolute atomic E-state index is 0. The summed E-state index contributed by atoms with van der Waals surface area (Å²) in [6, 6.07) is 6.81. The molecule has 0 heterocycles. The van der Waals surface area contributed by atoms with E-state index in [1.807, 2.05) is 6.07 Å². The maximum Gasteiger partial charge on any atom is 0.122 e. The molecule has 1 atom stereocenters. The molecule has 3 nitrogen and oxygen atoms in total. The van der Waals surface area contributed by atoms with Crippen LogP contribution in [0.2, 0.25) is 0 Å². The smallest absolute Gasteiger partial charge is 0.122 e. The monoisotopic (exact) mass is 341 g/mol. The van der Waals surface area contributed by atoms with E-state index in [-0.39, 0.29) is 12.4 Å². The molecule has 1 aromatic carbocycles. The first-order valence-electron chi connectivity index (χ1n) is 8.72. The molecule has 23 heavy (non-hydrogen) atoms. The van der Waals surface area contributed by atoms with Crippen LogP contribution in [0.25, 0.3) is 0 Å². The molecule has 1 saturated carbocycles. The van der Waals surface area contributed by atoms with Gasteiger partial charge < -0.3 is 9.84 Å². The van der Waals surface area contributed by atoms with Crippen molar-refractivity contribution in [2.75, 3.05) is 19.7 Å². The summed E-state index contributed by atoms with van der Waals surface area (Å²) < 4.78 is 5.81. The molecule has 1 aliphatic carbocycles. The second-order valence-electron chi connectivity index (χ2n) is 6.61. The summed E-state index contributed by atoms with van der Waals surface area (Å²) in [7, 11) is 0. The van der Waals surface area contributed by atoms with Crippen molar-refractivity contribution in [3.05, 3.63) is 29.3 Å². The number of benzene rings is 1. The van der Waals surface area contributed by atoms with Crippen LogP contribution < -0.4 is 4.74 Å². The Morgan fingerprint density at radius 3 is 2.52 bits per heavy atom. The third-order valence-electron chi connectivity index (χ3n) is 4.70. The Morgan fingerprint density at radius 2 is 1.91 bits per heavy atom. The van der Waals surface area contributed by atoms with E-state index in [1.54, 1.807) is 0 Å². The van der Waals surface area contributed by atoms with Crippen molar-refractivity contribution in [1.82, 2.24) is 4.90 Å². The number of rotatable bonds is 7. The van der Waals surface area contributed by atoms with E-state index >= 15 is 0 Å². The Balaban J connectivity index is 0.00000264. The third kappa shape index (κ3) is 6.33. The summed E-state index contributed by atoms with van der Waals surface area (Å²) in [5.41, 5.74) is 2.37. The summed E-state index contributed by atoms with van der Waals surface area (Å²) in [4.78, 5) is 2.43. The third-order valence-corrected chi connectivity index (χ3v) is 4.70. The fourth-order valence-electron chi connectivity index (χ4n) is 3.45. The van der Waals surface area contributed by atoms with Gasteiger partial charge in [-0.1, -0.05) is 43.9 Å². The van der Waals surface area contributed by atoms with Crippen molar-refractivity contribution in [2.24, 2.45) is 0 Å². The molecule has 0 aromatic heterocycles. The number of aliphatic hydroxyl groups is 1. The van der Waals surface area contributed by atoms with Crippen molar-refractivity contribution in [2.45, 2.75) is 65.0 Å². The highest BCUT2D eigenvalue weighted by Gasteiger charge is 2.22. The number of likely N-dealkylation sites (N-methyl/N-ethyl adjacent to an activating group) is 1. The largest absolute Gasteiger partial charge is 0.491 e. The number of halogens is 1. The molecule has 1 N–H and O–H groups in total. The first-order chi connectivity index (χ1) is 10.6. The maximum atomic E-state index is 10.3. The first-order valence-corrected chi connectivity index (χ1v) is 8.72. The lowest BCUT2D eigenvalue weighted by Crippen LogP contribution is -2.43. The van der Waals surface area contributed by atoms with Crippen LogP contribution in [-0.4, -0.2) is 41.8 Å². The molecule has 0 spiro atoms. The van der Waals surface area contributed by atoms with Crippen LogP contribution in [0.15, 0.2) is 18.2 Å². The van der Waals surface area contributed by atoms with Crippen molar-refractivity contribution < 1.29 is 9.84 Å². The summed E-state index contributed by atoms with van der Waals surface area (Å²) in [5.74, 6) is 0.880. The zero-order valence-electron chi connectivity index (χ0n) is 14.8. The second kappa shape index (κ2) is 10.2. The Labute approximate surface area is 147 Å². The van der Waals surface area contributed by atoms with Gasteiger partial charge in [-0.2, -0.15) is 0 Å². The first kappa shape index (κ1) is 20.3. The van der Waals surface area contributed by atoms with Gasteiger partial charge in [-0.15, -0.1) is 12.4 Å². The van der Waals surface area contributed by atoms with Gasteiger partial charge in [0.2, 0.25) is 0 Å². The van der Waals surface area contributed by atoms with Crippen LogP contribution in [0.4, 0.5) is 0 Å². The molecule has 0 radical (unpaired) electrons. The van der Waals surface area contributed by atoms with Gasteiger partial charge in [0.05, 0.1) is 0 Å². The van der Waals surface area contributed by atoms with Gasteiger partial charge in [0, 0.05) is 12.6 Å². The molecule has 1 unspecified atom stereocenters. The van der Waals surface area contributed by atoms with Crippen LogP contribution >= 0.6 is 12.4 Å². The molecule has 0 bridgehead atoms. The van der Waals surface area contributed by atoms with Gasteiger partial charge in [-0.3, -0.25) is 4.90 Å². The van der Waals surface area contributed by atoms with Crippen molar-refractivity contribution in [3.8, 4) is 5.75 Å². The van der Waals surface area contributed by atoms with Crippen LogP contribution in [0.5, 0.6) is 5.75 Å². The van der Waals surface area contributed by atoms with Crippen LogP contribution in [0, 0.1) is 13.8 Å². The zero-order valence-corrected chi connectivity index (χ0v) is 15.6. The molecule has 1 aliphatic rings. The lowest BCUT2D eigenvalue weighted by molar-refractivity contribution is 0.0462. The van der Waals surface area contributed by atoms with E-state index in [4.69, 9.17) is 4.74 Å². The Bertz CT molecular complexity index is 461. The predicted octanol–water partition coefficient (Wildman–Crippen LogP) is 4.12. The van der Waals surface area contributed by atoms with Gasteiger partial charge in [-0.25, -0.2) is 0 Å². The van der Waals surface area contributed by atoms with Crippen LogP contribution in [-0.2, 0) is 0 Å². The fourth-order valence-corrected chi connectivity index (χ4v) is 3.45. The molecule has 4 heteroatoms. The number of nitrogens with zero attached hydrogens (tertiary/aromatic N) is 1. The van der Waals surface area contributed by atoms with Crippen LogP contribution in [0.3, 0.4) is 0 Å². The Kier molecular flexibility index (Phi) is 8.96. The lowest BCUT2D eigenvalue weighted by Gasteiger charge is -2.34. The summed E-state index contributed by atoms with van der Waals surface area (Å²) in [6.07, 6.45) is 6.15. The van der Waals surface area contributed by atoms with E-state index in [0.29, 0.717) is 19.2 Å². The van der Waals surface area contributed by atoms with Gasteiger partial charge in [0.1, 0.15) is 18.5 Å².